The number of nitrogens with one attached hydrogen (secondary N) is 1. The van der Waals surface area contributed by atoms with Crippen molar-refractivity contribution in [1.82, 2.24) is 20.4 Å². The topological polar surface area (TPSA) is 54.5 Å². The van der Waals surface area contributed by atoms with Crippen molar-refractivity contribution < 1.29 is 0 Å². The van der Waals surface area contributed by atoms with Crippen LogP contribution >= 0.6 is 0 Å². The summed E-state index contributed by atoms with van der Waals surface area (Å²) >= 11 is 0. The second-order valence-electron chi connectivity index (χ2n) is 4.87. The van der Waals surface area contributed by atoms with Gasteiger partial charge in [-0.05, 0) is 19.1 Å². The maximum absolute atomic E-state index is 4.76. The lowest BCUT2D eigenvalue weighted by Gasteiger charge is -2.05. The third-order valence-corrected chi connectivity index (χ3v) is 3.46. The van der Waals surface area contributed by atoms with E-state index in [1.54, 1.807) is 0 Å². The smallest absolute Gasteiger partial charge is 0.139 e. The fourth-order valence-corrected chi connectivity index (χ4v) is 2.52. The highest BCUT2D eigenvalue weighted by atomic mass is 15.3. The van der Waals surface area contributed by atoms with Crippen molar-refractivity contribution in [2.75, 3.05) is 0 Å². The molecule has 0 fully saturated rings. The van der Waals surface area contributed by atoms with Crippen molar-refractivity contribution in [1.29, 1.82) is 0 Å². The molecule has 2 aromatic heterocycles. The summed E-state index contributed by atoms with van der Waals surface area (Å²) in [6.45, 7) is 2.07. The zero-order valence-corrected chi connectivity index (χ0v) is 11.0. The Kier molecular flexibility index (Phi) is 2.29. The van der Waals surface area contributed by atoms with Crippen molar-refractivity contribution in [3.63, 3.8) is 0 Å². The molecule has 20 heavy (non-hydrogen) atoms. The first-order valence-corrected chi connectivity index (χ1v) is 6.49. The summed E-state index contributed by atoms with van der Waals surface area (Å²) in [5.41, 5.74) is 5.76. The van der Waals surface area contributed by atoms with Crippen LogP contribution in [0.5, 0.6) is 0 Å². The van der Waals surface area contributed by atoms with Crippen LogP contribution in [-0.2, 0) is 0 Å². The average molecular weight is 260 g/mol. The largest absolute Gasteiger partial charge is 0.245 e. The number of H-pyrrole nitrogens is 1. The van der Waals surface area contributed by atoms with E-state index in [1.807, 2.05) is 30.3 Å². The fourth-order valence-electron chi connectivity index (χ4n) is 2.52. The number of aryl methyl sites for hydroxylation is 1. The molecule has 0 unspecified atom stereocenters. The molecule has 0 saturated carbocycles. The van der Waals surface area contributed by atoms with Gasteiger partial charge >= 0.3 is 0 Å². The normalized spacial score (nSPS) is 11.2. The molecule has 0 saturated heterocycles. The van der Waals surface area contributed by atoms with E-state index in [4.69, 9.17) is 4.98 Å². The summed E-state index contributed by atoms with van der Waals surface area (Å²) in [4.78, 5) is 4.76. The number of aromatic nitrogens is 4. The minimum Gasteiger partial charge on any atom is -0.245 e. The van der Waals surface area contributed by atoms with Gasteiger partial charge < -0.3 is 0 Å². The van der Waals surface area contributed by atoms with Gasteiger partial charge in [0.15, 0.2) is 0 Å². The van der Waals surface area contributed by atoms with Gasteiger partial charge in [-0.25, -0.2) is 4.98 Å². The Balaban J connectivity index is 2.14. The first kappa shape index (κ1) is 11.1. The lowest BCUT2D eigenvalue weighted by molar-refractivity contribution is 0.960. The lowest BCUT2D eigenvalue weighted by Crippen LogP contribution is -1.89. The Bertz CT molecular complexity index is 924. The van der Waals surface area contributed by atoms with Crippen LogP contribution in [0.2, 0.25) is 0 Å². The molecule has 0 bridgehead atoms. The molecule has 4 nitrogen and oxygen atoms in total. The van der Waals surface area contributed by atoms with E-state index in [-0.39, 0.29) is 0 Å². The van der Waals surface area contributed by atoms with E-state index in [1.165, 1.54) is 5.56 Å². The maximum Gasteiger partial charge on any atom is 0.139 e. The van der Waals surface area contributed by atoms with E-state index in [2.05, 4.69) is 40.5 Å². The Morgan fingerprint density at radius 1 is 0.900 bits per heavy atom. The molecule has 96 valence electrons. The van der Waals surface area contributed by atoms with Crippen LogP contribution in [0.4, 0.5) is 0 Å². The molecule has 0 spiro atoms. The van der Waals surface area contributed by atoms with Gasteiger partial charge in [-0.2, -0.15) is 15.4 Å². The summed E-state index contributed by atoms with van der Waals surface area (Å²) in [5.74, 6) is 0. The standard InChI is InChI=1S/C16H12N4/c1-10-5-4-6-11(9-10)14-16-15(18-20-19-16)12-7-2-3-8-13(12)17-14/h2-9H,1H3,(H,18,19,20). The number of para-hydroxylation sites is 1. The molecule has 4 aromatic rings. The predicted molar refractivity (Wildman–Crippen MR) is 79.4 cm³/mol. The maximum atomic E-state index is 4.76. The van der Waals surface area contributed by atoms with Gasteiger partial charge in [-0.1, -0.05) is 42.0 Å². The molecule has 0 aliphatic heterocycles. The van der Waals surface area contributed by atoms with Crippen LogP contribution in [0.1, 0.15) is 5.56 Å². The molecule has 4 heteroatoms. The van der Waals surface area contributed by atoms with Crippen LogP contribution in [0.3, 0.4) is 0 Å². The minimum atomic E-state index is 0.814. The second kappa shape index (κ2) is 4.13. The molecule has 4 rings (SSSR count). The highest BCUT2D eigenvalue weighted by Gasteiger charge is 2.13. The molecule has 0 aliphatic rings. The zero-order valence-electron chi connectivity index (χ0n) is 11.0. The van der Waals surface area contributed by atoms with E-state index in [9.17, 15) is 0 Å². The molecule has 0 atom stereocenters. The minimum absolute atomic E-state index is 0.814. The predicted octanol–water partition coefficient (Wildman–Crippen LogP) is 3.48. The summed E-state index contributed by atoms with van der Waals surface area (Å²) < 4.78 is 0. The van der Waals surface area contributed by atoms with Gasteiger partial charge in [-0.15, -0.1) is 0 Å². The first-order chi connectivity index (χ1) is 9.83. The SMILES string of the molecule is Cc1cccc(-c2nc3ccccc3c3n[nH]nc23)c1. The van der Waals surface area contributed by atoms with Gasteiger partial charge in [0.05, 0.1) is 5.52 Å². The van der Waals surface area contributed by atoms with Crippen molar-refractivity contribution in [3.05, 3.63) is 54.1 Å². The summed E-state index contributed by atoms with van der Waals surface area (Å²) in [6.07, 6.45) is 0. The number of pyridine rings is 1. The Hall–Kier alpha value is -2.75. The number of hydrogen-bond donors (Lipinski definition) is 1. The summed E-state index contributed by atoms with van der Waals surface area (Å²) in [5, 5.41) is 12.3. The Labute approximate surface area is 115 Å². The Morgan fingerprint density at radius 2 is 1.75 bits per heavy atom. The number of fused-ring (bicyclic) bond motifs is 3. The average Bonchev–Trinajstić information content (AvgIpc) is 2.96. The number of hydrogen-bond acceptors (Lipinski definition) is 3. The van der Waals surface area contributed by atoms with Gasteiger partial charge in [0.25, 0.3) is 0 Å². The first-order valence-electron chi connectivity index (χ1n) is 6.49. The van der Waals surface area contributed by atoms with Crippen LogP contribution < -0.4 is 0 Å². The van der Waals surface area contributed by atoms with Crippen molar-refractivity contribution in [2.24, 2.45) is 0 Å². The summed E-state index contributed by atoms with van der Waals surface area (Å²) in [7, 11) is 0. The monoisotopic (exact) mass is 260 g/mol. The molecule has 1 N–H and O–H groups in total. The number of rotatable bonds is 1. The van der Waals surface area contributed by atoms with Crippen LogP contribution in [0.15, 0.2) is 48.5 Å². The fraction of sp³-hybridized carbons (Fsp3) is 0.0625. The van der Waals surface area contributed by atoms with E-state index in [0.29, 0.717) is 0 Å². The van der Waals surface area contributed by atoms with Crippen molar-refractivity contribution >= 4 is 21.9 Å². The van der Waals surface area contributed by atoms with Crippen LogP contribution in [0.25, 0.3) is 33.2 Å². The van der Waals surface area contributed by atoms with E-state index < -0.39 is 0 Å². The highest BCUT2D eigenvalue weighted by Crippen LogP contribution is 2.29. The second-order valence-corrected chi connectivity index (χ2v) is 4.87. The van der Waals surface area contributed by atoms with Gasteiger partial charge in [0, 0.05) is 10.9 Å². The quantitative estimate of drug-likeness (QED) is 0.570. The van der Waals surface area contributed by atoms with Gasteiger partial charge in [-0.3, -0.25) is 0 Å². The lowest BCUT2D eigenvalue weighted by atomic mass is 10.1. The van der Waals surface area contributed by atoms with E-state index >= 15 is 0 Å². The molecular formula is C16H12N4. The number of nitrogens with zero attached hydrogens (tertiary/aromatic N) is 3. The van der Waals surface area contributed by atoms with Gasteiger partial charge in [0.2, 0.25) is 0 Å². The van der Waals surface area contributed by atoms with Crippen molar-refractivity contribution in [3.8, 4) is 11.3 Å². The van der Waals surface area contributed by atoms with Crippen molar-refractivity contribution in [2.45, 2.75) is 6.92 Å². The summed E-state index contributed by atoms with van der Waals surface area (Å²) in [6, 6.07) is 16.3. The molecule has 0 amide bonds. The van der Waals surface area contributed by atoms with E-state index in [0.717, 1.165) is 33.2 Å². The number of benzene rings is 2. The molecule has 2 heterocycles. The van der Waals surface area contributed by atoms with Gasteiger partial charge in [0.1, 0.15) is 16.7 Å². The molecule has 0 radical (unpaired) electrons. The zero-order chi connectivity index (χ0) is 13.5. The molecule has 0 aliphatic carbocycles. The Morgan fingerprint density at radius 3 is 2.65 bits per heavy atom. The van der Waals surface area contributed by atoms with Crippen LogP contribution in [0, 0.1) is 6.92 Å². The number of aromatic amines is 1. The highest BCUT2D eigenvalue weighted by molar-refractivity contribution is 6.06. The van der Waals surface area contributed by atoms with Crippen LogP contribution in [-0.4, -0.2) is 20.4 Å². The third-order valence-electron chi connectivity index (χ3n) is 3.46. The third kappa shape index (κ3) is 1.58. The molecule has 2 aromatic carbocycles. The molecular weight excluding hydrogens is 248 g/mol.